The Kier molecular flexibility index (Phi) is 4.59. The number of hydrogen-bond donors (Lipinski definition) is 0. The summed E-state index contributed by atoms with van der Waals surface area (Å²) in [5.74, 6) is 1.40. The number of benzene rings is 2. The van der Waals surface area contributed by atoms with Crippen molar-refractivity contribution in [3.8, 4) is 0 Å². The van der Waals surface area contributed by atoms with Crippen molar-refractivity contribution in [1.29, 1.82) is 0 Å². The Morgan fingerprint density at radius 3 is 1.78 bits per heavy atom. The van der Waals surface area contributed by atoms with Crippen LogP contribution in [0.15, 0.2) is 61.1 Å². The van der Waals surface area contributed by atoms with E-state index in [1.165, 1.54) is 30.2 Å². The van der Waals surface area contributed by atoms with Gasteiger partial charge in [-0.05, 0) is 0 Å². The Balaban J connectivity index is 2.39. The lowest BCUT2D eigenvalue weighted by molar-refractivity contribution is -0.138. The van der Waals surface area contributed by atoms with Crippen LogP contribution in [0.2, 0.25) is 0 Å². The lowest BCUT2D eigenvalue weighted by atomic mass is 9.41. The van der Waals surface area contributed by atoms with Gasteiger partial charge in [0.1, 0.15) is 0 Å². The first-order chi connectivity index (χ1) is 10.6. The summed E-state index contributed by atoms with van der Waals surface area (Å²) >= 11 is 0. The summed E-state index contributed by atoms with van der Waals surface area (Å²) in [6.45, 7) is 2.95. The fraction of sp³-hybridized carbons (Fsp3) is 0.125. The van der Waals surface area contributed by atoms with E-state index in [2.05, 4.69) is 6.58 Å². The normalized spacial score (nSPS) is 12.1. The zero-order chi connectivity index (χ0) is 17.3. The Hall–Kier alpha value is -2.18. The van der Waals surface area contributed by atoms with Crippen molar-refractivity contribution in [2.24, 2.45) is 0 Å². The van der Waals surface area contributed by atoms with Crippen LogP contribution in [0.5, 0.6) is 0 Å². The highest BCUT2D eigenvalue weighted by molar-refractivity contribution is 6.89. The molecular weight excluding hydrogens is 317 g/mol. The van der Waals surface area contributed by atoms with Gasteiger partial charge in [-0.25, -0.2) is 0 Å². The van der Waals surface area contributed by atoms with Crippen LogP contribution in [0.25, 0.3) is 0 Å². The minimum atomic E-state index is -4.48. The fourth-order valence-corrected chi connectivity index (χ4v) is 2.25. The maximum absolute atomic E-state index is 12.8. The summed E-state index contributed by atoms with van der Waals surface area (Å²) in [5, 5.41) is 0. The van der Waals surface area contributed by atoms with E-state index in [1.807, 2.05) is 0 Å². The van der Waals surface area contributed by atoms with E-state index in [9.17, 15) is 26.3 Å². The molecule has 2 aromatic rings. The molecule has 120 valence electrons. The van der Waals surface area contributed by atoms with Crippen molar-refractivity contribution in [3.05, 3.63) is 72.2 Å². The van der Waals surface area contributed by atoms with Crippen LogP contribution < -0.4 is 10.9 Å². The van der Waals surface area contributed by atoms with Gasteiger partial charge >= 0.3 is 12.4 Å². The number of alkyl halides is 6. The molecule has 0 heterocycles. The van der Waals surface area contributed by atoms with Crippen molar-refractivity contribution in [1.82, 2.24) is 0 Å². The molecule has 0 aliphatic heterocycles. The van der Waals surface area contributed by atoms with E-state index >= 15 is 0 Å². The Morgan fingerprint density at radius 1 is 0.739 bits per heavy atom. The lowest BCUT2D eigenvalue weighted by Gasteiger charge is -2.14. The molecule has 0 amide bonds. The van der Waals surface area contributed by atoms with Crippen LogP contribution in [0.3, 0.4) is 0 Å². The van der Waals surface area contributed by atoms with Crippen LogP contribution in [0, 0.1) is 0 Å². The third kappa shape index (κ3) is 3.97. The third-order valence-electron chi connectivity index (χ3n) is 3.41. The summed E-state index contributed by atoms with van der Waals surface area (Å²) in [4.78, 5) is 0. The molecule has 0 radical (unpaired) electrons. The summed E-state index contributed by atoms with van der Waals surface area (Å²) in [7, 11) is 0. The van der Waals surface area contributed by atoms with Gasteiger partial charge in [-0.15, -0.1) is 12.6 Å². The minimum absolute atomic E-state index is 0.314. The molecule has 0 saturated carbocycles. The molecule has 0 spiro atoms. The standard InChI is InChI=1S/C16H11BF6/c1-2-17(13-8-6-11(7-9-13)15(18,19)20)14-5-3-4-12(10-14)16(21,22)23/h2-10H,1H2. The first kappa shape index (κ1) is 17.2. The van der Waals surface area contributed by atoms with E-state index in [0.717, 1.165) is 24.3 Å². The molecule has 0 N–H and O–H groups in total. The predicted molar refractivity (Wildman–Crippen MR) is 78.1 cm³/mol. The van der Waals surface area contributed by atoms with E-state index < -0.39 is 30.2 Å². The average molecular weight is 328 g/mol. The summed E-state index contributed by atoms with van der Waals surface area (Å²) in [5.41, 5.74) is -0.872. The number of hydrogen-bond acceptors (Lipinski definition) is 0. The highest BCUT2D eigenvalue weighted by Crippen LogP contribution is 2.29. The summed E-state index contributed by atoms with van der Waals surface area (Å²) in [6.07, 6.45) is -8.94. The number of rotatable bonds is 3. The Labute approximate surface area is 129 Å². The van der Waals surface area contributed by atoms with Gasteiger partial charge in [-0.3, -0.25) is 0 Å². The molecule has 0 unspecified atom stereocenters. The fourth-order valence-electron chi connectivity index (χ4n) is 2.25. The molecule has 0 aromatic heterocycles. The molecule has 0 nitrogen and oxygen atoms in total. The van der Waals surface area contributed by atoms with Crippen molar-refractivity contribution in [3.63, 3.8) is 0 Å². The van der Waals surface area contributed by atoms with Crippen molar-refractivity contribution >= 4 is 17.6 Å². The highest BCUT2D eigenvalue weighted by atomic mass is 19.4. The monoisotopic (exact) mass is 328 g/mol. The lowest BCUT2D eigenvalue weighted by Crippen LogP contribution is -2.41. The molecule has 0 saturated heterocycles. The quantitative estimate of drug-likeness (QED) is 0.589. The van der Waals surface area contributed by atoms with Gasteiger partial charge in [0.25, 0.3) is 0 Å². The van der Waals surface area contributed by atoms with Gasteiger partial charge in [0.05, 0.1) is 11.1 Å². The predicted octanol–water partition coefficient (Wildman–Crippen LogP) is 4.06. The third-order valence-corrected chi connectivity index (χ3v) is 3.41. The number of halogens is 6. The van der Waals surface area contributed by atoms with Crippen molar-refractivity contribution in [2.75, 3.05) is 0 Å². The van der Waals surface area contributed by atoms with Crippen molar-refractivity contribution < 1.29 is 26.3 Å². The largest absolute Gasteiger partial charge is 0.416 e. The van der Waals surface area contributed by atoms with Crippen LogP contribution in [0.4, 0.5) is 26.3 Å². The van der Waals surface area contributed by atoms with Gasteiger partial charge in [0, 0.05) is 0 Å². The smallest absolute Gasteiger partial charge is 0.166 e. The topological polar surface area (TPSA) is 0 Å². The molecule has 2 aromatic carbocycles. The SMILES string of the molecule is C=CB(c1ccc(C(F)(F)F)cc1)c1cccc(C(F)(F)F)c1. The molecule has 7 heteroatoms. The van der Waals surface area contributed by atoms with E-state index in [1.54, 1.807) is 0 Å². The van der Waals surface area contributed by atoms with Gasteiger partial charge in [0.2, 0.25) is 6.71 Å². The molecular formula is C16H11BF6. The first-order valence-electron chi connectivity index (χ1n) is 6.60. The molecule has 2 rings (SSSR count). The zero-order valence-corrected chi connectivity index (χ0v) is 11.7. The van der Waals surface area contributed by atoms with Crippen LogP contribution in [-0.2, 0) is 12.4 Å². The second-order valence-corrected chi connectivity index (χ2v) is 4.96. The van der Waals surface area contributed by atoms with E-state index in [-0.39, 0.29) is 0 Å². The second-order valence-electron chi connectivity index (χ2n) is 4.96. The minimum Gasteiger partial charge on any atom is -0.166 e. The molecule has 0 atom stereocenters. The maximum atomic E-state index is 12.8. The molecule has 0 aliphatic rings. The molecule has 23 heavy (non-hydrogen) atoms. The maximum Gasteiger partial charge on any atom is 0.416 e. The van der Waals surface area contributed by atoms with E-state index in [4.69, 9.17) is 0 Å². The molecule has 0 fully saturated rings. The Morgan fingerprint density at radius 2 is 1.30 bits per heavy atom. The first-order valence-corrected chi connectivity index (χ1v) is 6.60. The van der Waals surface area contributed by atoms with Crippen molar-refractivity contribution in [2.45, 2.75) is 12.4 Å². The zero-order valence-electron chi connectivity index (χ0n) is 11.7. The van der Waals surface area contributed by atoms with Crippen LogP contribution in [0.1, 0.15) is 11.1 Å². The van der Waals surface area contributed by atoms with Gasteiger partial charge in [0.15, 0.2) is 0 Å². The van der Waals surface area contributed by atoms with Crippen LogP contribution >= 0.6 is 0 Å². The summed E-state index contributed by atoms with van der Waals surface area (Å²) < 4.78 is 76.0. The average Bonchev–Trinajstić information content (AvgIpc) is 2.47. The molecule has 0 aliphatic carbocycles. The summed E-state index contributed by atoms with van der Waals surface area (Å²) in [6, 6.07) is 8.96. The van der Waals surface area contributed by atoms with Gasteiger partial charge in [-0.2, -0.15) is 26.3 Å². The Bertz CT molecular complexity index is 685. The highest BCUT2D eigenvalue weighted by Gasteiger charge is 2.32. The van der Waals surface area contributed by atoms with Gasteiger partial charge in [-0.1, -0.05) is 59.5 Å². The second kappa shape index (κ2) is 6.14. The molecule has 0 bridgehead atoms. The van der Waals surface area contributed by atoms with E-state index in [0.29, 0.717) is 10.9 Å². The van der Waals surface area contributed by atoms with Crippen LogP contribution in [-0.4, -0.2) is 6.71 Å². The van der Waals surface area contributed by atoms with Gasteiger partial charge < -0.3 is 0 Å².